The van der Waals surface area contributed by atoms with Gasteiger partial charge in [0.15, 0.2) is 0 Å². The summed E-state index contributed by atoms with van der Waals surface area (Å²) in [6.07, 6.45) is 3.73. The number of amidine groups is 1. The smallest absolute Gasteiger partial charge is 0.137 e. The minimum Gasteiger partial charge on any atom is -0.348 e. The summed E-state index contributed by atoms with van der Waals surface area (Å²) in [5.41, 5.74) is 3.47. The molecule has 21 heavy (non-hydrogen) atoms. The molecule has 1 aromatic heterocycles. The number of anilines is 1. The van der Waals surface area contributed by atoms with Crippen LogP contribution in [0.1, 0.15) is 18.1 Å². The molecule has 0 bridgehead atoms. The van der Waals surface area contributed by atoms with Crippen molar-refractivity contribution in [2.24, 2.45) is 4.99 Å². The van der Waals surface area contributed by atoms with E-state index in [1.807, 2.05) is 12.4 Å². The molecule has 2 aromatic rings. The average Bonchev–Trinajstić information content (AvgIpc) is 3.04. The van der Waals surface area contributed by atoms with Crippen LogP contribution in [0.2, 0.25) is 0 Å². The van der Waals surface area contributed by atoms with E-state index in [4.69, 9.17) is 4.99 Å². The van der Waals surface area contributed by atoms with Crippen LogP contribution in [-0.2, 0) is 5.66 Å². The number of para-hydroxylation sites is 1. The number of nitrogens with zero attached hydrogens (tertiary/aromatic N) is 4. The molecule has 3 heterocycles. The fourth-order valence-corrected chi connectivity index (χ4v) is 3.49. The monoisotopic (exact) mass is 278 g/mol. The lowest BCUT2D eigenvalue weighted by molar-refractivity contribution is 0.202. The van der Waals surface area contributed by atoms with Crippen molar-refractivity contribution in [2.45, 2.75) is 12.6 Å². The van der Waals surface area contributed by atoms with Crippen LogP contribution in [-0.4, -0.2) is 35.9 Å². The second-order valence-electron chi connectivity index (χ2n) is 5.69. The Labute approximate surface area is 124 Å². The van der Waals surface area contributed by atoms with Gasteiger partial charge in [-0.15, -0.1) is 0 Å². The van der Waals surface area contributed by atoms with E-state index in [1.165, 1.54) is 16.8 Å². The Kier molecular flexibility index (Phi) is 2.55. The van der Waals surface area contributed by atoms with Gasteiger partial charge in [0, 0.05) is 42.8 Å². The standard InChI is InChI=1S/C17H18N4/c1-17(13-7-9-18-10-8-13)20(2)15-6-4-3-5-14(15)16-19-11-12-21(16)17/h3-10H,11-12H2,1-2H3. The molecule has 0 fully saturated rings. The maximum absolute atomic E-state index is 4.75. The summed E-state index contributed by atoms with van der Waals surface area (Å²) in [6.45, 7) is 4.07. The summed E-state index contributed by atoms with van der Waals surface area (Å²) in [7, 11) is 2.16. The predicted molar refractivity (Wildman–Crippen MR) is 84.5 cm³/mol. The maximum atomic E-state index is 4.75. The maximum Gasteiger partial charge on any atom is 0.137 e. The zero-order valence-electron chi connectivity index (χ0n) is 12.3. The predicted octanol–water partition coefficient (Wildman–Crippen LogP) is 2.47. The van der Waals surface area contributed by atoms with Crippen LogP contribution in [0.5, 0.6) is 0 Å². The largest absolute Gasteiger partial charge is 0.348 e. The van der Waals surface area contributed by atoms with Gasteiger partial charge < -0.3 is 9.80 Å². The van der Waals surface area contributed by atoms with Crippen LogP contribution in [0.3, 0.4) is 0 Å². The molecule has 0 amide bonds. The lowest BCUT2D eigenvalue weighted by Gasteiger charge is -2.52. The fraction of sp³-hybridized carbons (Fsp3) is 0.294. The van der Waals surface area contributed by atoms with Crippen LogP contribution in [0, 0.1) is 0 Å². The Bertz CT molecular complexity index is 710. The molecule has 0 N–H and O–H groups in total. The molecule has 1 atom stereocenters. The van der Waals surface area contributed by atoms with Gasteiger partial charge in [0.2, 0.25) is 0 Å². The van der Waals surface area contributed by atoms with E-state index in [-0.39, 0.29) is 5.66 Å². The molecule has 2 aliphatic heterocycles. The van der Waals surface area contributed by atoms with Crippen LogP contribution >= 0.6 is 0 Å². The van der Waals surface area contributed by atoms with Crippen molar-refractivity contribution in [2.75, 3.05) is 25.0 Å². The second kappa shape index (κ2) is 4.32. The van der Waals surface area contributed by atoms with E-state index in [2.05, 4.69) is 65.2 Å². The molecule has 0 saturated carbocycles. The van der Waals surface area contributed by atoms with Gasteiger partial charge in [-0.05, 0) is 31.2 Å². The van der Waals surface area contributed by atoms with Gasteiger partial charge in [-0.2, -0.15) is 0 Å². The molecule has 2 aliphatic rings. The summed E-state index contributed by atoms with van der Waals surface area (Å²) in [4.78, 5) is 13.7. The highest BCUT2D eigenvalue weighted by Crippen LogP contribution is 2.43. The lowest BCUT2D eigenvalue weighted by Crippen LogP contribution is -2.59. The van der Waals surface area contributed by atoms with Gasteiger partial charge >= 0.3 is 0 Å². The quantitative estimate of drug-likeness (QED) is 0.803. The summed E-state index contributed by atoms with van der Waals surface area (Å²) < 4.78 is 0. The molecule has 0 radical (unpaired) electrons. The van der Waals surface area contributed by atoms with E-state index in [1.54, 1.807) is 0 Å². The van der Waals surface area contributed by atoms with E-state index in [0.29, 0.717) is 0 Å². The van der Waals surface area contributed by atoms with Crippen molar-refractivity contribution < 1.29 is 0 Å². The number of hydrogen-bond acceptors (Lipinski definition) is 4. The topological polar surface area (TPSA) is 31.7 Å². The van der Waals surface area contributed by atoms with Gasteiger partial charge in [-0.1, -0.05) is 12.1 Å². The van der Waals surface area contributed by atoms with Crippen molar-refractivity contribution in [3.8, 4) is 0 Å². The van der Waals surface area contributed by atoms with Crippen LogP contribution in [0.25, 0.3) is 0 Å². The van der Waals surface area contributed by atoms with Crippen molar-refractivity contribution in [3.05, 3.63) is 59.9 Å². The fourth-order valence-electron chi connectivity index (χ4n) is 3.49. The molecule has 1 aromatic carbocycles. The minimum atomic E-state index is -0.230. The van der Waals surface area contributed by atoms with Crippen molar-refractivity contribution in [3.63, 3.8) is 0 Å². The third-order valence-electron chi connectivity index (χ3n) is 4.75. The number of aromatic nitrogens is 1. The molecule has 0 spiro atoms. The molecule has 106 valence electrons. The number of pyridine rings is 1. The first-order valence-electron chi connectivity index (χ1n) is 7.29. The van der Waals surface area contributed by atoms with Crippen LogP contribution in [0.4, 0.5) is 5.69 Å². The second-order valence-corrected chi connectivity index (χ2v) is 5.69. The van der Waals surface area contributed by atoms with Gasteiger partial charge in [0.05, 0.1) is 6.54 Å². The van der Waals surface area contributed by atoms with E-state index >= 15 is 0 Å². The first kappa shape index (κ1) is 12.4. The summed E-state index contributed by atoms with van der Waals surface area (Å²) in [5, 5.41) is 0. The van der Waals surface area contributed by atoms with Crippen LogP contribution in [0.15, 0.2) is 53.8 Å². The van der Waals surface area contributed by atoms with E-state index < -0.39 is 0 Å². The number of hydrogen-bond donors (Lipinski definition) is 0. The van der Waals surface area contributed by atoms with Crippen molar-refractivity contribution >= 4 is 11.5 Å². The number of aliphatic imine (C=N–C) groups is 1. The Hall–Kier alpha value is -2.36. The Morgan fingerprint density at radius 1 is 1.10 bits per heavy atom. The highest BCUT2D eigenvalue weighted by Gasteiger charge is 2.46. The highest BCUT2D eigenvalue weighted by atomic mass is 15.5. The molecule has 0 aliphatic carbocycles. The zero-order valence-corrected chi connectivity index (χ0v) is 12.3. The van der Waals surface area contributed by atoms with Gasteiger partial charge in [0.25, 0.3) is 0 Å². The molecule has 4 nitrogen and oxygen atoms in total. The Morgan fingerprint density at radius 3 is 2.67 bits per heavy atom. The molecule has 0 saturated heterocycles. The third kappa shape index (κ3) is 1.56. The van der Waals surface area contributed by atoms with Gasteiger partial charge in [0.1, 0.15) is 11.5 Å². The molecule has 1 unspecified atom stereocenters. The average molecular weight is 278 g/mol. The van der Waals surface area contributed by atoms with Gasteiger partial charge in [-0.25, -0.2) is 0 Å². The van der Waals surface area contributed by atoms with E-state index in [9.17, 15) is 0 Å². The van der Waals surface area contributed by atoms with Crippen molar-refractivity contribution in [1.29, 1.82) is 0 Å². The van der Waals surface area contributed by atoms with Gasteiger partial charge in [-0.3, -0.25) is 9.98 Å². The molecular weight excluding hydrogens is 260 g/mol. The van der Waals surface area contributed by atoms with Crippen LogP contribution < -0.4 is 4.90 Å². The van der Waals surface area contributed by atoms with E-state index in [0.717, 1.165) is 18.9 Å². The SMILES string of the molecule is CN1c2ccccc2C2=NCCN2C1(C)c1ccncc1. The summed E-state index contributed by atoms with van der Waals surface area (Å²) >= 11 is 0. The number of fused-ring (bicyclic) bond motifs is 3. The minimum absolute atomic E-state index is 0.230. The first-order valence-corrected chi connectivity index (χ1v) is 7.29. The summed E-state index contributed by atoms with van der Waals surface area (Å²) in [5.74, 6) is 1.11. The normalized spacial score (nSPS) is 23.6. The summed E-state index contributed by atoms with van der Waals surface area (Å²) in [6, 6.07) is 12.7. The van der Waals surface area contributed by atoms with Crippen molar-refractivity contribution in [1.82, 2.24) is 9.88 Å². The Balaban J connectivity index is 1.96. The number of benzene rings is 1. The molecule has 4 rings (SSSR count). The first-order chi connectivity index (χ1) is 10.2. The highest BCUT2D eigenvalue weighted by molar-refractivity contribution is 6.06. The zero-order chi connectivity index (χ0) is 14.4. The Morgan fingerprint density at radius 2 is 1.86 bits per heavy atom. The molecule has 4 heteroatoms. The lowest BCUT2D eigenvalue weighted by atomic mass is 9.92. The number of rotatable bonds is 1. The third-order valence-corrected chi connectivity index (χ3v) is 4.75. The molecular formula is C17H18N4.